The van der Waals surface area contributed by atoms with Crippen molar-refractivity contribution in [2.24, 2.45) is 5.10 Å². The van der Waals surface area contributed by atoms with Crippen molar-refractivity contribution < 1.29 is 13.6 Å². The fourth-order valence-corrected chi connectivity index (χ4v) is 5.66. The van der Waals surface area contributed by atoms with Gasteiger partial charge in [-0.15, -0.1) is 21.5 Å². The first-order chi connectivity index (χ1) is 16.2. The van der Waals surface area contributed by atoms with Crippen LogP contribution >= 0.6 is 34.4 Å². The lowest BCUT2D eigenvalue weighted by Crippen LogP contribution is -2.28. The maximum atomic E-state index is 13.1. The summed E-state index contributed by atoms with van der Waals surface area (Å²) < 4.78 is 19.3. The predicted molar refractivity (Wildman–Crippen MR) is 128 cm³/mol. The average molecular weight is 500 g/mol. The van der Waals surface area contributed by atoms with Crippen molar-refractivity contribution in [3.63, 3.8) is 0 Å². The summed E-state index contributed by atoms with van der Waals surface area (Å²) >= 11 is 4.30. The lowest BCUT2D eigenvalue weighted by Gasteiger charge is -2.19. The van der Waals surface area contributed by atoms with E-state index in [0.29, 0.717) is 28.2 Å². The normalized spacial score (nSPS) is 15.6. The molecule has 4 aromatic rings. The molecule has 0 saturated carbocycles. The standard InChI is InChI=1S/C22H18FN5O2S3/c23-15-7-5-14(6-8-15)12-24-21-25-26-22(33-21)32-13-20(29)28-17(18-3-1-9-30-18)11-16(27-28)19-4-2-10-31-19/h1-10,17H,11-13H2,(H,24,25). The summed E-state index contributed by atoms with van der Waals surface area (Å²) in [4.78, 5) is 14.1. The smallest absolute Gasteiger partial charge is 0.253 e. The van der Waals surface area contributed by atoms with Crippen LogP contribution in [0.4, 0.5) is 9.52 Å². The average Bonchev–Trinajstić information content (AvgIpc) is 3.63. The molecule has 3 aromatic heterocycles. The lowest BCUT2D eigenvalue weighted by atomic mass is 10.1. The Hall–Kier alpha value is -3.02. The van der Waals surface area contributed by atoms with Crippen LogP contribution in [0.3, 0.4) is 0 Å². The lowest BCUT2D eigenvalue weighted by molar-refractivity contribution is -0.130. The molecule has 0 saturated heterocycles. The Bertz CT molecular complexity index is 1240. The first kappa shape index (κ1) is 21.8. The molecule has 0 radical (unpaired) electrons. The number of nitrogens with one attached hydrogen (secondary N) is 1. The van der Waals surface area contributed by atoms with E-state index in [2.05, 4.69) is 20.6 Å². The maximum Gasteiger partial charge on any atom is 0.253 e. The molecule has 0 bridgehead atoms. The van der Waals surface area contributed by atoms with Crippen LogP contribution in [0.5, 0.6) is 0 Å². The van der Waals surface area contributed by atoms with Gasteiger partial charge in [0.2, 0.25) is 5.13 Å². The van der Waals surface area contributed by atoms with Crippen molar-refractivity contribution in [2.75, 3.05) is 11.1 Å². The maximum absolute atomic E-state index is 13.1. The minimum atomic E-state index is -0.267. The second-order valence-corrected chi connectivity index (χ2v) is 10.3. The van der Waals surface area contributed by atoms with E-state index in [-0.39, 0.29) is 23.5 Å². The van der Waals surface area contributed by atoms with Gasteiger partial charge in [-0.3, -0.25) is 4.79 Å². The van der Waals surface area contributed by atoms with E-state index in [0.717, 1.165) is 16.2 Å². The molecule has 0 fully saturated rings. The number of carbonyl (C=O) groups is 1. The van der Waals surface area contributed by atoms with E-state index in [4.69, 9.17) is 4.42 Å². The van der Waals surface area contributed by atoms with Crippen molar-refractivity contribution >= 4 is 51.2 Å². The third-order valence-corrected chi connectivity index (χ3v) is 7.84. The third-order valence-electron chi connectivity index (χ3n) is 4.93. The molecule has 1 amide bonds. The van der Waals surface area contributed by atoms with Crippen molar-refractivity contribution in [3.8, 4) is 0 Å². The Balaban J connectivity index is 1.21. The monoisotopic (exact) mass is 499 g/mol. The molecule has 4 heterocycles. The van der Waals surface area contributed by atoms with Gasteiger partial charge >= 0.3 is 0 Å². The molecule has 1 atom stereocenters. The Kier molecular flexibility index (Phi) is 6.51. The highest BCUT2D eigenvalue weighted by Crippen LogP contribution is 2.35. The van der Waals surface area contributed by atoms with Gasteiger partial charge in [0, 0.05) is 13.0 Å². The second-order valence-electron chi connectivity index (χ2n) is 7.14. The Morgan fingerprint density at radius 3 is 2.85 bits per heavy atom. The Morgan fingerprint density at radius 1 is 1.21 bits per heavy atom. The highest BCUT2D eigenvalue weighted by molar-refractivity contribution is 8.01. The molecule has 33 heavy (non-hydrogen) atoms. The number of thioether (sulfide) groups is 1. The van der Waals surface area contributed by atoms with Gasteiger partial charge in [0.15, 0.2) is 4.34 Å². The molecule has 7 nitrogen and oxygen atoms in total. The number of thiophene rings is 1. The predicted octanol–water partition coefficient (Wildman–Crippen LogP) is 5.41. The minimum Gasteiger partial charge on any atom is -0.467 e. The molecule has 11 heteroatoms. The van der Waals surface area contributed by atoms with E-state index in [9.17, 15) is 9.18 Å². The van der Waals surface area contributed by atoms with E-state index in [1.54, 1.807) is 29.7 Å². The number of carbonyl (C=O) groups excluding carboxylic acids is 1. The molecule has 1 N–H and O–H groups in total. The van der Waals surface area contributed by atoms with Crippen LogP contribution in [-0.2, 0) is 11.3 Å². The number of rotatable bonds is 8. The summed E-state index contributed by atoms with van der Waals surface area (Å²) in [6.07, 6.45) is 2.22. The SMILES string of the molecule is O=C(CSc1nnc(NCc2ccc(F)cc2)s1)N1N=C(c2cccs2)CC1c1ccco1. The molecule has 1 aliphatic heterocycles. The molecule has 168 valence electrons. The summed E-state index contributed by atoms with van der Waals surface area (Å²) in [5.41, 5.74) is 1.82. The van der Waals surface area contributed by atoms with Crippen molar-refractivity contribution in [1.29, 1.82) is 0 Å². The number of hydrogen-bond acceptors (Lipinski definition) is 9. The van der Waals surface area contributed by atoms with Gasteiger partial charge < -0.3 is 9.73 Å². The third kappa shape index (κ3) is 5.15. The van der Waals surface area contributed by atoms with E-state index in [1.165, 1.54) is 40.2 Å². The van der Waals surface area contributed by atoms with Gasteiger partial charge in [0.05, 0.1) is 22.6 Å². The number of hydrazone groups is 1. The Morgan fingerprint density at radius 2 is 2.09 bits per heavy atom. The van der Waals surface area contributed by atoms with Crippen molar-refractivity contribution in [2.45, 2.75) is 23.3 Å². The molecule has 0 aliphatic carbocycles. The quantitative estimate of drug-likeness (QED) is 0.326. The molecular formula is C22H18FN5O2S3. The van der Waals surface area contributed by atoms with Gasteiger partial charge in [0.1, 0.15) is 17.6 Å². The summed E-state index contributed by atoms with van der Waals surface area (Å²) in [6.45, 7) is 0.511. The fraction of sp³-hybridized carbons (Fsp3) is 0.182. The number of anilines is 1. The highest BCUT2D eigenvalue weighted by atomic mass is 32.2. The first-order valence-corrected chi connectivity index (χ1v) is 12.8. The van der Waals surface area contributed by atoms with Crippen LogP contribution in [0.1, 0.15) is 28.7 Å². The number of aromatic nitrogens is 2. The van der Waals surface area contributed by atoms with E-state index in [1.807, 2.05) is 29.6 Å². The second kappa shape index (κ2) is 9.86. The molecular weight excluding hydrogens is 481 g/mol. The zero-order valence-electron chi connectivity index (χ0n) is 17.2. The number of hydrogen-bond donors (Lipinski definition) is 1. The minimum absolute atomic E-state index is 0.121. The number of nitrogens with zero attached hydrogens (tertiary/aromatic N) is 4. The summed E-state index contributed by atoms with van der Waals surface area (Å²) in [7, 11) is 0. The zero-order chi connectivity index (χ0) is 22.6. The van der Waals surface area contributed by atoms with Crippen LogP contribution in [0.15, 0.2) is 74.0 Å². The summed E-state index contributed by atoms with van der Waals surface area (Å²) in [5.74, 6) is 0.512. The molecule has 1 aromatic carbocycles. The highest BCUT2D eigenvalue weighted by Gasteiger charge is 2.35. The van der Waals surface area contributed by atoms with Gasteiger partial charge in [-0.2, -0.15) is 5.10 Å². The molecule has 1 unspecified atom stereocenters. The van der Waals surface area contributed by atoms with Crippen LogP contribution in [0.2, 0.25) is 0 Å². The van der Waals surface area contributed by atoms with Crippen LogP contribution < -0.4 is 5.32 Å². The van der Waals surface area contributed by atoms with E-state index >= 15 is 0 Å². The number of furan rings is 1. The first-order valence-electron chi connectivity index (χ1n) is 10.1. The van der Waals surface area contributed by atoms with Crippen LogP contribution in [0, 0.1) is 5.82 Å². The molecule has 0 spiro atoms. The van der Waals surface area contributed by atoms with Crippen LogP contribution in [0.25, 0.3) is 0 Å². The fourth-order valence-electron chi connectivity index (χ4n) is 3.34. The van der Waals surface area contributed by atoms with Gasteiger partial charge in [0.25, 0.3) is 5.91 Å². The summed E-state index contributed by atoms with van der Waals surface area (Å²) in [6, 6.07) is 13.7. The summed E-state index contributed by atoms with van der Waals surface area (Å²) in [5, 5.41) is 20.2. The zero-order valence-corrected chi connectivity index (χ0v) is 19.6. The van der Waals surface area contributed by atoms with Crippen molar-refractivity contribution in [3.05, 3.63) is 82.2 Å². The molecule has 1 aliphatic rings. The number of amides is 1. The topological polar surface area (TPSA) is 83.6 Å². The Labute approximate surface area is 201 Å². The number of halogens is 1. The largest absolute Gasteiger partial charge is 0.467 e. The van der Waals surface area contributed by atoms with E-state index < -0.39 is 0 Å². The van der Waals surface area contributed by atoms with Gasteiger partial charge in [-0.1, -0.05) is 41.3 Å². The van der Waals surface area contributed by atoms with Crippen molar-refractivity contribution in [1.82, 2.24) is 15.2 Å². The number of benzene rings is 1. The van der Waals surface area contributed by atoms with Gasteiger partial charge in [-0.25, -0.2) is 9.40 Å². The van der Waals surface area contributed by atoms with Crippen LogP contribution in [-0.4, -0.2) is 32.6 Å². The molecule has 5 rings (SSSR count). The van der Waals surface area contributed by atoms with Gasteiger partial charge in [-0.05, 0) is 41.3 Å².